The van der Waals surface area contributed by atoms with Crippen LogP contribution in [0.5, 0.6) is 0 Å². The minimum absolute atomic E-state index is 0.126. The van der Waals surface area contributed by atoms with E-state index in [1.165, 1.54) is 24.8 Å². The molecule has 31 heavy (non-hydrogen) atoms. The van der Waals surface area contributed by atoms with E-state index in [1.807, 2.05) is 0 Å². The van der Waals surface area contributed by atoms with Gasteiger partial charge in [0, 0.05) is 23.7 Å². The van der Waals surface area contributed by atoms with E-state index < -0.39 is 0 Å². The maximum Gasteiger partial charge on any atom is 0.328 e. The lowest BCUT2D eigenvalue weighted by Gasteiger charge is -2.58. The zero-order valence-corrected chi connectivity index (χ0v) is 19.4. The number of rotatable bonds is 2. The van der Waals surface area contributed by atoms with Crippen molar-refractivity contribution in [1.29, 1.82) is 0 Å². The monoisotopic (exact) mass is 424 g/mol. The number of Topliss-reactive ketones (excluding diaryl/α,β-unsaturated/α-hetero) is 1. The lowest BCUT2D eigenvalue weighted by molar-refractivity contribution is -0.127. The molecule has 0 bridgehead atoms. The second-order valence-corrected chi connectivity index (χ2v) is 11.4. The number of aromatic nitrogens is 2. The number of hydrogen-bond donors (Lipinski definition) is 1. The SMILES string of the molecule is CC(=O)[C@H]1CC[C@H]2[C@@H]3CC=C4C[C@@H](n5cc(C)c(=O)[nH]c5=O)CC[C@]4(C)[C@H]3CC[C@]12C. The Balaban J connectivity index is 1.43. The molecule has 4 aliphatic rings. The third-order valence-corrected chi connectivity index (χ3v) is 10.1. The van der Waals surface area contributed by atoms with E-state index >= 15 is 0 Å². The summed E-state index contributed by atoms with van der Waals surface area (Å²) in [5.41, 5.74) is 1.94. The molecule has 7 atom stereocenters. The maximum absolute atomic E-state index is 12.5. The first-order valence-corrected chi connectivity index (χ1v) is 12.2. The van der Waals surface area contributed by atoms with E-state index in [1.54, 1.807) is 24.6 Å². The van der Waals surface area contributed by atoms with Gasteiger partial charge in [0.15, 0.2) is 0 Å². The van der Waals surface area contributed by atoms with E-state index in [0.717, 1.165) is 32.1 Å². The predicted molar refractivity (Wildman–Crippen MR) is 121 cm³/mol. The molecular formula is C26H36N2O3. The van der Waals surface area contributed by atoms with Gasteiger partial charge in [0.1, 0.15) is 5.78 Å². The fourth-order valence-electron chi connectivity index (χ4n) is 8.40. The molecule has 5 rings (SSSR count). The van der Waals surface area contributed by atoms with Crippen molar-refractivity contribution in [3.63, 3.8) is 0 Å². The van der Waals surface area contributed by atoms with E-state index in [-0.39, 0.29) is 34.0 Å². The summed E-state index contributed by atoms with van der Waals surface area (Å²) in [6.45, 7) is 8.43. The average molecular weight is 425 g/mol. The Morgan fingerprint density at radius 3 is 2.61 bits per heavy atom. The van der Waals surface area contributed by atoms with Gasteiger partial charge in [-0.25, -0.2) is 4.79 Å². The highest BCUT2D eigenvalue weighted by Gasteiger charge is 2.59. The molecule has 1 heterocycles. The molecule has 3 saturated carbocycles. The topological polar surface area (TPSA) is 71.9 Å². The summed E-state index contributed by atoms with van der Waals surface area (Å²) >= 11 is 0. The van der Waals surface area contributed by atoms with Gasteiger partial charge in [-0.2, -0.15) is 0 Å². The summed E-state index contributed by atoms with van der Waals surface area (Å²) in [4.78, 5) is 39.1. The summed E-state index contributed by atoms with van der Waals surface area (Å²) in [7, 11) is 0. The number of aromatic amines is 1. The largest absolute Gasteiger partial charge is 0.328 e. The number of fused-ring (bicyclic) bond motifs is 5. The normalized spacial score (nSPS) is 41.7. The number of nitrogens with one attached hydrogen (secondary N) is 1. The second kappa shape index (κ2) is 7.05. The number of H-pyrrole nitrogens is 1. The number of nitrogens with zero attached hydrogens (tertiary/aromatic N) is 1. The molecule has 0 spiro atoms. The predicted octanol–water partition coefficient (Wildman–Crippen LogP) is 4.55. The van der Waals surface area contributed by atoms with Gasteiger partial charge in [-0.05, 0) is 93.8 Å². The molecule has 0 saturated heterocycles. The molecule has 5 nitrogen and oxygen atoms in total. The van der Waals surface area contributed by atoms with E-state index in [4.69, 9.17) is 0 Å². The Bertz CT molecular complexity index is 1070. The van der Waals surface area contributed by atoms with Crippen molar-refractivity contribution < 1.29 is 4.79 Å². The molecule has 168 valence electrons. The fourth-order valence-corrected chi connectivity index (χ4v) is 8.40. The van der Waals surface area contributed by atoms with E-state index in [2.05, 4.69) is 24.9 Å². The molecule has 0 aromatic carbocycles. The Kier molecular flexibility index (Phi) is 4.76. The molecule has 4 aliphatic carbocycles. The summed E-state index contributed by atoms with van der Waals surface area (Å²) in [5.74, 6) is 2.68. The van der Waals surface area contributed by atoms with Crippen LogP contribution in [-0.4, -0.2) is 15.3 Å². The van der Waals surface area contributed by atoms with Gasteiger partial charge in [0.05, 0.1) is 0 Å². The number of aryl methyl sites for hydroxylation is 1. The Hall–Kier alpha value is -1.91. The minimum atomic E-state index is -0.285. The number of carbonyl (C=O) groups excluding carboxylic acids is 1. The first kappa shape index (κ1) is 21.0. The summed E-state index contributed by atoms with van der Waals surface area (Å²) < 4.78 is 1.76. The molecular weight excluding hydrogens is 388 g/mol. The van der Waals surface area contributed by atoms with Gasteiger partial charge in [-0.15, -0.1) is 0 Å². The van der Waals surface area contributed by atoms with E-state index in [9.17, 15) is 14.4 Å². The lowest BCUT2D eigenvalue weighted by Crippen LogP contribution is -2.51. The average Bonchev–Trinajstić information content (AvgIpc) is 3.08. The van der Waals surface area contributed by atoms with Gasteiger partial charge < -0.3 is 0 Å². The number of hydrogen-bond acceptors (Lipinski definition) is 3. The molecule has 0 radical (unpaired) electrons. The van der Waals surface area contributed by atoms with Crippen molar-refractivity contribution in [2.24, 2.45) is 34.5 Å². The zero-order valence-electron chi connectivity index (χ0n) is 19.4. The van der Waals surface area contributed by atoms with Crippen molar-refractivity contribution in [2.75, 3.05) is 0 Å². The first-order valence-electron chi connectivity index (χ1n) is 12.2. The van der Waals surface area contributed by atoms with Crippen molar-refractivity contribution in [3.05, 3.63) is 44.2 Å². The van der Waals surface area contributed by atoms with Crippen LogP contribution in [0.3, 0.4) is 0 Å². The Morgan fingerprint density at radius 2 is 1.87 bits per heavy atom. The summed E-state index contributed by atoms with van der Waals surface area (Å²) in [6.07, 6.45) is 13.0. The van der Waals surface area contributed by atoms with Crippen LogP contribution in [0.25, 0.3) is 0 Å². The van der Waals surface area contributed by atoms with Crippen LogP contribution in [0.15, 0.2) is 27.4 Å². The van der Waals surface area contributed by atoms with Gasteiger partial charge in [-0.3, -0.25) is 19.1 Å². The van der Waals surface area contributed by atoms with Gasteiger partial charge in [-0.1, -0.05) is 25.5 Å². The van der Waals surface area contributed by atoms with Crippen LogP contribution in [-0.2, 0) is 4.79 Å². The molecule has 0 aliphatic heterocycles. The van der Waals surface area contributed by atoms with Gasteiger partial charge >= 0.3 is 5.69 Å². The molecule has 1 aromatic heterocycles. The second-order valence-electron chi connectivity index (χ2n) is 11.4. The molecule has 0 amide bonds. The minimum Gasteiger partial charge on any atom is -0.300 e. The smallest absolute Gasteiger partial charge is 0.300 e. The van der Waals surface area contributed by atoms with Crippen LogP contribution in [0.4, 0.5) is 0 Å². The highest BCUT2D eigenvalue weighted by molar-refractivity contribution is 5.79. The molecule has 1 aromatic rings. The molecule has 0 unspecified atom stereocenters. The van der Waals surface area contributed by atoms with Crippen LogP contribution >= 0.6 is 0 Å². The van der Waals surface area contributed by atoms with Crippen LogP contribution in [0, 0.1) is 41.4 Å². The van der Waals surface area contributed by atoms with Crippen LogP contribution in [0.1, 0.15) is 83.7 Å². The highest BCUT2D eigenvalue weighted by atomic mass is 16.2. The highest BCUT2D eigenvalue weighted by Crippen LogP contribution is 2.66. The van der Waals surface area contributed by atoms with Gasteiger partial charge in [0.25, 0.3) is 5.56 Å². The van der Waals surface area contributed by atoms with Crippen molar-refractivity contribution in [3.8, 4) is 0 Å². The third-order valence-electron chi connectivity index (χ3n) is 10.1. The van der Waals surface area contributed by atoms with Crippen molar-refractivity contribution in [1.82, 2.24) is 9.55 Å². The standard InChI is InChI=1S/C26H36N2O3/c1-15-14-28(24(31)27-23(15)30)18-9-11-25(3)17(13-18)5-6-19-21-8-7-20(16(2)29)26(21,4)12-10-22(19)25/h5,14,18-22H,6-13H2,1-4H3,(H,27,30,31)/t18-,19-,20+,21-,22-,25-,26+/m0/s1. The van der Waals surface area contributed by atoms with Crippen LogP contribution in [0.2, 0.25) is 0 Å². The van der Waals surface area contributed by atoms with Crippen molar-refractivity contribution in [2.45, 2.75) is 85.1 Å². The Labute approximate surface area is 184 Å². The van der Waals surface area contributed by atoms with Crippen LogP contribution < -0.4 is 11.2 Å². The fraction of sp³-hybridized carbons (Fsp3) is 0.731. The molecule has 5 heteroatoms. The van der Waals surface area contributed by atoms with E-state index in [0.29, 0.717) is 29.1 Å². The molecule has 3 fully saturated rings. The summed E-state index contributed by atoms with van der Waals surface area (Å²) in [5, 5.41) is 0. The maximum atomic E-state index is 12.5. The number of ketones is 1. The summed E-state index contributed by atoms with van der Waals surface area (Å²) in [6, 6.07) is 0.126. The zero-order chi connectivity index (χ0) is 22.1. The molecule has 1 N–H and O–H groups in total. The number of carbonyl (C=O) groups is 1. The first-order chi connectivity index (χ1) is 14.6. The lowest BCUT2D eigenvalue weighted by atomic mass is 9.47. The Morgan fingerprint density at radius 1 is 1.10 bits per heavy atom. The van der Waals surface area contributed by atoms with Gasteiger partial charge in [0.2, 0.25) is 0 Å². The quantitative estimate of drug-likeness (QED) is 0.708. The van der Waals surface area contributed by atoms with Crippen molar-refractivity contribution >= 4 is 5.78 Å². The third kappa shape index (κ3) is 2.98. The number of allylic oxidation sites excluding steroid dienone is 2.